The van der Waals surface area contributed by atoms with Crippen LogP contribution in [0.5, 0.6) is 0 Å². The van der Waals surface area contributed by atoms with E-state index in [1.54, 1.807) is 37.2 Å². The first kappa shape index (κ1) is 16.3. The average molecular weight is 313 g/mol. The number of anilines is 2. The Hall–Kier alpha value is -1.79. The van der Waals surface area contributed by atoms with Gasteiger partial charge < -0.3 is 20.9 Å². The molecule has 0 atom stereocenters. The highest BCUT2D eigenvalue weighted by Crippen LogP contribution is 2.21. The van der Waals surface area contributed by atoms with Gasteiger partial charge in [0.1, 0.15) is 0 Å². The lowest BCUT2D eigenvalue weighted by Gasteiger charge is -2.23. The van der Waals surface area contributed by atoms with Crippen molar-refractivity contribution >= 4 is 46.3 Å². The summed E-state index contributed by atoms with van der Waals surface area (Å²) in [6.45, 7) is 3.94. The maximum absolute atomic E-state index is 11.6. The summed E-state index contributed by atoms with van der Waals surface area (Å²) < 4.78 is 0. The molecule has 3 N–H and O–H groups in total. The van der Waals surface area contributed by atoms with Crippen molar-refractivity contribution in [2.75, 3.05) is 30.9 Å². The fraction of sp³-hybridized carbons (Fsp3) is 0.231. The van der Waals surface area contributed by atoms with Crippen LogP contribution in [0.15, 0.2) is 35.9 Å². The number of carbonyl (C=O) groups is 1. The number of halogens is 1. The molecule has 0 aliphatic rings. The molecule has 2 amide bonds. The van der Waals surface area contributed by atoms with Crippen molar-refractivity contribution in [3.05, 3.63) is 35.9 Å². The van der Waals surface area contributed by atoms with Crippen molar-refractivity contribution in [3.8, 4) is 0 Å². The number of benzene rings is 1. The number of hydrogen-bond donors (Lipinski definition) is 2. The van der Waals surface area contributed by atoms with E-state index in [1.807, 2.05) is 6.07 Å². The molecule has 1 aromatic carbocycles. The van der Waals surface area contributed by atoms with Crippen LogP contribution in [-0.2, 0) is 0 Å². The highest BCUT2D eigenvalue weighted by Gasteiger charge is 2.11. The third-order valence-electron chi connectivity index (χ3n) is 2.41. The van der Waals surface area contributed by atoms with E-state index < -0.39 is 0 Å². The first-order valence-corrected chi connectivity index (χ1v) is 6.58. The molecule has 0 aromatic heterocycles. The summed E-state index contributed by atoms with van der Waals surface area (Å²) in [6.07, 6.45) is 0. The molecule has 1 aromatic rings. The molecule has 0 unspecified atom stereocenters. The van der Waals surface area contributed by atoms with Crippen LogP contribution in [0.25, 0.3) is 0 Å². The molecular weight excluding hydrogens is 296 g/mol. The van der Waals surface area contributed by atoms with E-state index in [2.05, 4.69) is 11.9 Å². The minimum Gasteiger partial charge on any atom is -0.376 e. The van der Waals surface area contributed by atoms with E-state index in [-0.39, 0.29) is 11.1 Å². The summed E-state index contributed by atoms with van der Waals surface area (Å²) in [5.41, 5.74) is 7.05. The van der Waals surface area contributed by atoms with Gasteiger partial charge in [0.25, 0.3) is 0 Å². The molecule has 0 aliphatic carbocycles. The molecule has 0 saturated heterocycles. The quantitative estimate of drug-likeness (QED) is 0.839. The normalized spacial score (nSPS) is 9.75. The minimum atomic E-state index is -0.217. The van der Waals surface area contributed by atoms with Crippen LogP contribution in [0.3, 0.4) is 0 Å². The number of nitrogens with two attached hydrogens (primary N) is 1. The number of amides is 2. The molecule has 20 heavy (non-hydrogen) atoms. The summed E-state index contributed by atoms with van der Waals surface area (Å²) in [5.74, 6) is 0. The Morgan fingerprint density at radius 1 is 1.50 bits per heavy atom. The lowest BCUT2D eigenvalue weighted by molar-refractivity contribution is 0.230. The van der Waals surface area contributed by atoms with Crippen molar-refractivity contribution in [3.63, 3.8) is 0 Å². The van der Waals surface area contributed by atoms with E-state index in [0.29, 0.717) is 17.3 Å². The van der Waals surface area contributed by atoms with Gasteiger partial charge in [0.05, 0.1) is 6.54 Å². The molecule has 0 fully saturated rings. The van der Waals surface area contributed by atoms with E-state index in [4.69, 9.17) is 29.6 Å². The predicted molar refractivity (Wildman–Crippen MR) is 88.3 cm³/mol. The highest BCUT2D eigenvalue weighted by molar-refractivity contribution is 7.80. The first-order valence-electron chi connectivity index (χ1n) is 5.80. The molecule has 0 bridgehead atoms. The number of thiocarbonyl (C=S) groups is 1. The molecule has 0 saturated carbocycles. The molecule has 1 rings (SSSR count). The maximum Gasteiger partial charge on any atom is 0.321 e. The fourth-order valence-electron chi connectivity index (χ4n) is 1.45. The second-order valence-corrected chi connectivity index (χ2v) is 5.27. The molecule has 0 aliphatic heterocycles. The number of urea groups is 1. The predicted octanol–water partition coefficient (Wildman–Crippen LogP) is 2.58. The summed E-state index contributed by atoms with van der Waals surface area (Å²) in [6, 6.07) is 6.94. The SMILES string of the molecule is C=C(Cl)CN(C(N)=S)c1cccc(NC(=O)N(C)C)c1. The van der Waals surface area contributed by atoms with Gasteiger partial charge in [-0.25, -0.2) is 4.79 Å². The van der Waals surface area contributed by atoms with Crippen molar-refractivity contribution < 1.29 is 4.79 Å². The van der Waals surface area contributed by atoms with Gasteiger partial charge in [-0.15, -0.1) is 0 Å². The van der Waals surface area contributed by atoms with Gasteiger partial charge in [-0.1, -0.05) is 24.2 Å². The van der Waals surface area contributed by atoms with Crippen LogP contribution in [0, 0.1) is 0 Å². The zero-order valence-electron chi connectivity index (χ0n) is 11.4. The summed E-state index contributed by atoms with van der Waals surface area (Å²) in [5, 5.41) is 3.35. The zero-order valence-corrected chi connectivity index (χ0v) is 13.0. The van der Waals surface area contributed by atoms with Crippen LogP contribution >= 0.6 is 23.8 Å². The second kappa shape index (κ2) is 7.12. The Morgan fingerprint density at radius 2 is 2.15 bits per heavy atom. The molecular formula is C13H17ClN4OS. The molecule has 7 heteroatoms. The van der Waals surface area contributed by atoms with Crippen molar-refractivity contribution in [1.82, 2.24) is 4.90 Å². The minimum absolute atomic E-state index is 0.183. The molecule has 0 heterocycles. The summed E-state index contributed by atoms with van der Waals surface area (Å²) in [7, 11) is 3.33. The molecule has 5 nitrogen and oxygen atoms in total. The van der Waals surface area contributed by atoms with Crippen LogP contribution in [0.4, 0.5) is 16.2 Å². The van der Waals surface area contributed by atoms with Gasteiger partial charge in [0, 0.05) is 30.5 Å². The van der Waals surface area contributed by atoms with Gasteiger partial charge in [0.15, 0.2) is 5.11 Å². The first-order chi connectivity index (χ1) is 9.31. The van der Waals surface area contributed by atoms with Gasteiger partial charge in [0.2, 0.25) is 0 Å². The Balaban J connectivity index is 2.98. The van der Waals surface area contributed by atoms with Gasteiger partial charge in [-0.05, 0) is 30.4 Å². The smallest absolute Gasteiger partial charge is 0.321 e. The Morgan fingerprint density at radius 3 is 2.65 bits per heavy atom. The van der Waals surface area contributed by atoms with E-state index in [0.717, 1.165) is 5.69 Å². The zero-order chi connectivity index (χ0) is 15.3. The van der Waals surface area contributed by atoms with E-state index >= 15 is 0 Å². The van der Waals surface area contributed by atoms with Gasteiger partial charge in [-0.3, -0.25) is 0 Å². The molecule has 0 spiro atoms. The van der Waals surface area contributed by atoms with E-state index in [1.165, 1.54) is 4.90 Å². The van der Waals surface area contributed by atoms with Crippen LogP contribution in [-0.4, -0.2) is 36.7 Å². The number of nitrogens with one attached hydrogen (secondary N) is 1. The Bertz CT molecular complexity index is 533. The Labute approximate surface area is 129 Å². The standard InChI is InChI=1S/C13H17ClN4OS/c1-9(14)8-18(12(15)20)11-6-4-5-10(7-11)16-13(19)17(2)3/h4-7H,1,8H2,2-3H3,(H2,15,20)(H,16,19). The number of carbonyl (C=O) groups excluding carboxylic acids is 1. The third-order valence-corrected chi connectivity index (χ3v) is 2.75. The number of nitrogens with zero attached hydrogens (tertiary/aromatic N) is 2. The van der Waals surface area contributed by atoms with E-state index in [9.17, 15) is 4.79 Å². The highest BCUT2D eigenvalue weighted by atomic mass is 35.5. The maximum atomic E-state index is 11.6. The molecule has 0 radical (unpaired) electrons. The Kier molecular flexibility index (Phi) is 5.79. The van der Waals surface area contributed by atoms with Crippen LogP contribution < -0.4 is 16.0 Å². The number of hydrogen-bond acceptors (Lipinski definition) is 2. The summed E-state index contributed by atoms with van der Waals surface area (Å²) in [4.78, 5) is 14.7. The number of rotatable bonds is 4. The van der Waals surface area contributed by atoms with Crippen molar-refractivity contribution in [2.24, 2.45) is 5.73 Å². The average Bonchev–Trinajstić information content (AvgIpc) is 2.35. The fourth-order valence-corrected chi connectivity index (χ4v) is 1.74. The lowest BCUT2D eigenvalue weighted by Crippen LogP contribution is -2.36. The summed E-state index contributed by atoms with van der Waals surface area (Å²) >= 11 is 10.8. The molecule has 108 valence electrons. The third kappa shape index (κ3) is 4.71. The van der Waals surface area contributed by atoms with Gasteiger partial charge >= 0.3 is 6.03 Å². The second-order valence-electron chi connectivity index (χ2n) is 4.32. The lowest BCUT2D eigenvalue weighted by atomic mass is 10.2. The van der Waals surface area contributed by atoms with Crippen LogP contribution in [0.1, 0.15) is 0 Å². The van der Waals surface area contributed by atoms with Crippen molar-refractivity contribution in [2.45, 2.75) is 0 Å². The van der Waals surface area contributed by atoms with Crippen LogP contribution in [0.2, 0.25) is 0 Å². The largest absolute Gasteiger partial charge is 0.376 e. The monoisotopic (exact) mass is 312 g/mol. The van der Waals surface area contributed by atoms with Gasteiger partial charge in [-0.2, -0.15) is 0 Å². The van der Waals surface area contributed by atoms with Crippen molar-refractivity contribution in [1.29, 1.82) is 0 Å². The topological polar surface area (TPSA) is 61.6 Å².